The summed E-state index contributed by atoms with van der Waals surface area (Å²) < 4.78 is 7.42. The van der Waals surface area contributed by atoms with Crippen LogP contribution in [0.25, 0.3) is 0 Å². The van der Waals surface area contributed by atoms with Gasteiger partial charge in [-0.15, -0.1) is 0 Å². The van der Waals surface area contributed by atoms with E-state index in [9.17, 15) is 4.79 Å². The predicted octanol–water partition coefficient (Wildman–Crippen LogP) is 4.25. The van der Waals surface area contributed by atoms with Gasteiger partial charge in [0.1, 0.15) is 11.9 Å². The molecule has 3 atom stereocenters. The second-order valence-electron chi connectivity index (χ2n) is 7.81. The van der Waals surface area contributed by atoms with Crippen LogP contribution in [0.2, 0.25) is 0 Å². The number of hydrogen-bond acceptors (Lipinski definition) is 3. The van der Waals surface area contributed by atoms with E-state index in [1.54, 1.807) is 5.57 Å². The maximum atomic E-state index is 13.0. The first-order valence-corrected chi connectivity index (χ1v) is 10.8. The molecule has 1 amide bonds. The van der Waals surface area contributed by atoms with Crippen LogP contribution in [0.1, 0.15) is 44.1 Å². The Kier molecular flexibility index (Phi) is 4.17. The summed E-state index contributed by atoms with van der Waals surface area (Å²) in [5.74, 6) is 1.02. The van der Waals surface area contributed by atoms with Gasteiger partial charge in [-0.2, -0.15) is 0 Å². The van der Waals surface area contributed by atoms with Gasteiger partial charge in [-0.25, -0.2) is 0 Å². The molecule has 2 aliphatic carbocycles. The fourth-order valence-corrected chi connectivity index (χ4v) is 5.69. The second-order valence-corrected chi connectivity index (χ2v) is 9.14. The first-order chi connectivity index (χ1) is 13.1. The average molecular weight is 445 g/mol. The third kappa shape index (κ3) is 2.76. The first-order valence-electron chi connectivity index (χ1n) is 9.55. The van der Waals surface area contributed by atoms with Crippen LogP contribution in [0.5, 0.6) is 5.75 Å². The molecule has 5 rings (SSSR count). The molecular weight excluding hydrogens is 424 g/mol. The molecule has 1 aromatic carbocycles. The molecule has 4 nitrogen and oxygen atoms in total. The summed E-state index contributed by atoms with van der Waals surface area (Å²) in [6, 6.07) is 5.89. The molecule has 2 heterocycles. The van der Waals surface area contributed by atoms with Crippen LogP contribution >= 0.6 is 28.1 Å². The van der Waals surface area contributed by atoms with Crippen molar-refractivity contribution in [3.8, 4) is 5.75 Å². The number of nitrogens with one attached hydrogen (secondary N) is 2. The molecule has 0 radical (unpaired) electrons. The second kappa shape index (κ2) is 6.45. The maximum absolute atomic E-state index is 13.0. The van der Waals surface area contributed by atoms with Gasteiger partial charge in [0.05, 0.1) is 0 Å². The molecule has 0 bridgehead atoms. The van der Waals surface area contributed by atoms with Gasteiger partial charge in [0.15, 0.2) is 10.7 Å². The number of carbonyl (C=O) groups excluding carboxylic acids is 1. The highest BCUT2D eigenvalue weighted by Gasteiger charge is 2.53. The van der Waals surface area contributed by atoms with Crippen molar-refractivity contribution in [2.45, 2.75) is 50.2 Å². The fraction of sp³-hybridized carbons (Fsp3) is 0.429. The lowest BCUT2D eigenvalue weighted by Crippen LogP contribution is -2.52. The average Bonchev–Trinajstić information content (AvgIpc) is 2.95. The molecule has 1 saturated heterocycles. The number of hydrogen-bond donors (Lipinski definition) is 2. The maximum Gasteiger partial charge on any atom is 0.256 e. The molecule has 4 aliphatic rings. The Morgan fingerprint density at radius 3 is 3.00 bits per heavy atom. The van der Waals surface area contributed by atoms with Crippen molar-refractivity contribution in [1.82, 2.24) is 10.6 Å². The van der Waals surface area contributed by atoms with Crippen LogP contribution in [0.4, 0.5) is 0 Å². The quantitative estimate of drug-likeness (QED) is 0.635. The van der Waals surface area contributed by atoms with E-state index in [1.165, 1.54) is 18.4 Å². The number of benzene rings is 1. The van der Waals surface area contributed by atoms with Gasteiger partial charge in [-0.1, -0.05) is 33.7 Å². The number of ether oxygens (including phenoxy) is 1. The van der Waals surface area contributed by atoms with Crippen LogP contribution in [0.3, 0.4) is 0 Å². The molecule has 3 unspecified atom stereocenters. The van der Waals surface area contributed by atoms with Gasteiger partial charge in [0.25, 0.3) is 5.91 Å². The van der Waals surface area contributed by atoms with Crippen LogP contribution in [-0.4, -0.2) is 17.1 Å². The molecule has 140 valence electrons. The molecular formula is C21H21BrN2O2S. The SMILES string of the molecule is O=C1NC(=S)NC12CC(C1CCCC3=C1C=CCC3)Oc1ccc(Br)cc12. The third-order valence-electron chi connectivity index (χ3n) is 6.29. The van der Waals surface area contributed by atoms with E-state index < -0.39 is 5.54 Å². The molecule has 2 aliphatic heterocycles. The van der Waals surface area contributed by atoms with E-state index in [-0.39, 0.29) is 12.0 Å². The summed E-state index contributed by atoms with van der Waals surface area (Å²) >= 11 is 8.81. The molecule has 2 N–H and O–H groups in total. The third-order valence-corrected chi connectivity index (χ3v) is 6.99. The minimum atomic E-state index is -0.852. The van der Waals surface area contributed by atoms with Gasteiger partial charge >= 0.3 is 0 Å². The summed E-state index contributed by atoms with van der Waals surface area (Å²) in [5.41, 5.74) is 3.02. The van der Waals surface area contributed by atoms with E-state index in [1.807, 2.05) is 18.2 Å². The minimum Gasteiger partial charge on any atom is -0.489 e. The Morgan fingerprint density at radius 1 is 1.30 bits per heavy atom. The van der Waals surface area contributed by atoms with E-state index >= 15 is 0 Å². The van der Waals surface area contributed by atoms with Gasteiger partial charge in [-0.05, 0) is 68.1 Å². The van der Waals surface area contributed by atoms with Gasteiger partial charge in [0.2, 0.25) is 0 Å². The molecule has 1 fully saturated rings. The molecule has 6 heteroatoms. The monoisotopic (exact) mass is 444 g/mol. The zero-order chi connectivity index (χ0) is 18.6. The smallest absolute Gasteiger partial charge is 0.256 e. The molecule has 1 spiro atoms. The Morgan fingerprint density at radius 2 is 2.19 bits per heavy atom. The first kappa shape index (κ1) is 17.4. The van der Waals surface area contributed by atoms with Crippen molar-refractivity contribution in [1.29, 1.82) is 0 Å². The zero-order valence-corrected chi connectivity index (χ0v) is 17.3. The predicted molar refractivity (Wildman–Crippen MR) is 111 cm³/mol. The topological polar surface area (TPSA) is 50.4 Å². The Hall–Kier alpha value is -1.66. The highest BCUT2D eigenvalue weighted by atomic mass is 79.9. The number of thiocarbonyl (C=S) groups is 1. The summed E-state index contributed by atoms with van der Waals surface area (Å²) in [7, 11) is 0. The number of amides is 1. The number of carbonyl (C=O) groups is 1. The minimum absolute atomic E-state index is 0.0501. The van der Waals surface area contributed by atoms with Crippen molar-refractivity contribution in [2.75, 3.05) is 0 Å². The largest absolute Gasteiger partial charge is 0.489 e. The lowest BCUT2D eigenvalue weighted by atomic mass is 9.71. The standard InChI is InChI=1S/C21H21BrN2O2S/c22-13-8-9-17-16(10-13)21(19(25)23-20(27)24-21)11-18(26-17)15-7-3-5-12-4-1-2-6-14(12)15/h2,6,8-10,15,18H,1,3-5,7,11H2,(H2,23,24,25,27). The highest BCUT2D eigenvalue weighted by Crippen LogP contribution is 2.48. The van der Waals surface area contributed by atoms with Crippen molar-refractivity contribution in [2.24, 2.45) is 5.92 Å². The molecule has 27 heavy (non-hydrogen) atoms. The lowest BCUT2D eigenvalue weighted by Gasteiger charge is -2.43. The van der Waals surface area contributed by atoms with Gasteiger partial charge in [0, 0.05) is 22.4 Å². The van der Waals surface area contributed by atoms with E-state index in [0.29, 0.717) is 17.5 Å². The van der Waals surface area contributed by atoms with Crippen molar-refractivity contribution in [3.05, 3.63) is 51.5 Å². The number of fused-ring (bicyclic) bond motifs is 2. The Bertz CT molecular complexity index is 909. The summed E-state index contributed by atoms with van der Waals surface area (Å²) in [5, 5.41) is 6.48. The van der Waals surface area contributed by atoms with Crippen LogP contribution in [0.15, 0.2) is 46.0 Å². The van der Waals surface area contributed by atoms with Crippen LogP contribution < -0.4 is 15.4 Å². The molecule has 1 aromatic rings. The lowest BCUT2D eigenvalue weighted by molar-refractivity contribution is -0.126. The molecule has 0 aromatic heterocycles. The Balaban J connectivity index is 1.59. The molecule has 0 saturated carbocycles. The fourth-order valence-electron chi connectivity index (χ4n) is 5.07. The van der Waals surface area contributed by atoms with Gasteiger partial charge < -0.3 is 15.4 Å². The summed E-state index contributed by atoms with van der Waals surface area (Å²) in [6.07, 6.45) is 10.9. The number of halogens is 1. The van der Waals surface area contributed by atoms with E-state index in [2.05, 4.69) is 38.7 Å². The van der Waals surface area contributed by atoms with E-state index in [0.717, 1.165) is 35.0 Å². The number of allylic oxidation sites excluding steroid dienone is 3. The van der Waals surface area contributed by atoms with Crippen molar-refractivity contribution < 1.29 is 9.53 Å². The van der Waals surface area contributed by atoms with E-state index in [4.69, 9.17) is 17.0 Å². The summed E-state index contributed by atoms with van der Waals surface area (Å²) in [4.78, 5) is 13.0. The Labute approximate surface area is 172 Å². The van der Waals surface area contributed by atoms with Crippen molar-refractivity contribution >= 4 is 39.2 Å². The van der Waals surface area contributed by atoms with Gasteiger partial charge in [-0.3, -0.25) is 4.79 Å². The zero-order valence-electron chi connectivity index (χ0n) is 14.9. The summed E-state index contributed by atoms with van der Waals surface area (Å²) in [6.45, 7) is 0. The van der Waals surface area contributed by atoms with Crippen LogP contribution in [0, 0.1) is 5.92 Å². The van der Waals surface area contributed by atoms with Crippen molar-refractivity contribution in [3.63, 3.8) is 0 Å². The highest BCUT2D eigenvalue weighted by molar-refractivity contribution is 9.10. The normalized spacial score (nSPS) is 31.9. The number of rotatable bonds is 1. The van der Waals surface area contributed by atoms with Crippen LogP contribution in [-0.2, 0) is 10.3 Å².